The maximum Gasteiger partial charge on any atom is 0.138 e. The van der Waals surface area contributed by atoms with Crippen molar-refractivity contribution < 1.29 is 9.84 Å². The lowest BCUT2D eigenvalue weighted by molar-refractivity contribution is 0.116. The molecule has 0 saturated carbocycles. The molecule has 0 aromatic heterocycles. The molecule has 134 valence electrons. The van der Waals surface area contributed by atoms with Gasteiger partial charge in [0.1, 0.15) is 13.7 Å². The normalized spacial score (nSPS) is 14.0. The second-order valence-electron chi connectivity index (χ2n) is 5.92. The Balaban J connectivity index is 2.14. The molecule has 0 radical (unpaired) electrons. The van der Waals surface area contributed by atoms with Crippen LogP contribution in [0.15, 0.2) is 91.0 Å². The van der Waals surface area contributed by atoms with Crippen LogP contribution in [0, 0.1) is 0 Å². The van der Waals surface area contributed by atoms with Gasteiger partial charge in [0.05, 0.1) is 22.9 Å². The highest BCUT2D eigenvalue weighted by atomic mass is 31.2. The fraction of sp³-hybridized carbons (Fsp3) is 0.182. The molecule has 26 heavy (non-hydrogen) atoms. The summed E-state index contributed by atoms with van der Waals surface area (Å²) >= 11 is 0. The minimum atomic E-state index is -1.65. The fourth-order valence-corrected chi connectivity index (χ4v) is 5.86. The van der Waals surface area contributed by atoms with Gasteiger partial charge in [-0.25, -0.2) is 0 Å². The standard InChI is InChI=1S/C22H26BO2P/c1-25-17-21(22(24)18-11-5-2-6-12-18)26(23,19-13-7-3-8-14-19)20-15-9-4-10-16-20/h2-16,21-22,24H,17H2,1,23H3/t21-,22-/m0/s1. The van der Waals surface area contributed by atoms with Crippen LogP contribution in [0.5, 0.6) is 0 Å². The molecule has 4 heteroatoms. The number of ether oxygens (including phenoxy) is 1. The fourth-order valence-electron chi connectivity index (χ4n) is 3.06. The third-order valence-electron chi connectivity index (χ3n) is 4.24. The number of methoxy groups -OCH3 is 1. The van der Waals surface area contributed by atoms with Crippen molar-refractivity contribution in [2.45, 2.75) is 11.8 Å². The summed E-state index contributed by atoms with van der Waals surface area (Å²) in [5.41, 5.74) is 1.06. The molecule has 0 saturated heterocycles. The maximum atomic E-state index is 11.4. The summed E-state index contributed by atoms with van der Waals surface area (Å²) in [5, 5.41) is 14.1. The summed E-state index contributed by atoms with van der Waals surface area (Å²) in [6, 6.07) is 31.6. The van der Waals surface area contributed by atoms with E-state index in [2.05, 4.69) is 60.7 Å². The van der Waals surface area contributed by atoms with Crippen molar-refractivity contribution >= 4 is 25.3 Å². The predicted octanol–water partition coefficient (Wildman–Crippen LogP) is 2.68. The molecule has 1 N–H and O–H groups in total. The van der Waals surface area contributed by atoms with Gasteiger partial charge in [-0.2, -0.15) is 0 Å². The van der Waals surface area contributed by atoms with E-state index in [0.29, 0.717) is 6.61 Å². The van der Waals surface area contributed by atoms with Crippen molar-refractivity contribution in [1.82, 2.24) is 0 Å². The van der Waals surface area contributed by atoms with E-state index in [1.165, 1.54) is 10.6 Å². The minimum Gasteiger partial charge on any atom is -0.384 e. The number of rotatable bonds is 7. The highest BCUT2D eigenvalue weighted by Crippen LogP contribution is 2.59. The van der Waals surface area contributed by atoms with E-state index in [0.717, 1.165) is 5.56 Å². The molecule has 0 amide bonds. The van der Waals surface area contributed by atoms with Crippen molar-refractivity contribution in [1.29, 1.82) is 0 Å². The van der Waals surface area contributed by atoms with Crippen LogP contribution in [0.25, 0.3) is 0 Å². The van der Waals surface area contributed by atoms with Crippen molar-refractivity contribution in [2.75, 3.05) is 13.7 Å². The molecule has 0 bridgehead atoms. The zero-order chi connectivity index (χ0) is 18.4. The summed E-state index contributed by atoms with van der Waals surface area (Å²) in [6.07, 6.45) is -0.526. The van der Waals surface area contributed by atoms with Gasteiger partial charge in [-0.3, -0.25) is 0 Å². The molecule has 2 nitrogen and oxygen atoms in total. The highest BCUT2D eigenvalue weighted by Gasteiger charge is 2.43. The first-order valence-electron chi connectivity index (χ1n) is 8.42. The van der Waals surface area contributed by atoms with Gasteiger partial charge in [0.2, 0.25) is 0 Å². The number of aliphatic hydroxyl groups is 1. The van der Waals surface area contributed by atoms with E-state index in [4.69, 9.17) is 4.74 Å². The smallest absolute Gasteiger partial charge is 0.138 e. The highest BCUT2D eigenvalue weighted by molar-refractivity contribution is 8.09. The van der Waals surface area contributed by atoms with E-state index in [1.807, 2.05) is 30.3 Å². The summed E-state index contributed by atoms with van der Waals surface area (Å²) in [4.78, 5) is 0. The number of benzene rings is 3. The Morgan fingerprint density at radius 1 is 0.808 bits per heavy atom. The molecule has 0 aliphatic rings. The Labute approximate surface area is 157 Å². The summed E-state index contributed by atoms with van der Waals surface area (Å²) < 4.78 is 5.64. The molecule has 0 aliphatic heterocycles. The lowest BCUT2D eigenvalue weighted by Crippen LogP contribution is -2.38. The molecule has 0 unspecified atom stereocenters. The molecule has 2 atom stereocenters. The van der Waals surface area contributed by atoms with Crippen LogP contribution >= 0.6 is 7.14 Å². The monoisotopic (exact) mass is 364 g/mol. The molecule has 3 rings (SSSR count). The first kappa shape index (κ1) is 18.9. The molecule has 3 aromatic carbocycles. The van der Waals surface area contributed by atoms with Crippen LogP contribution in [-0.4, -0.2) is 32.0 Å². The largest absolute Gasteiger partial charge is 0.384 e. The lowest BCUT2D eigenvalue weighted by Gasteiger charge is -2.40. The summed E-state index contributed by atoms with van der Waals surface area (Å²) in [7, 11) is -0.0269. The van der Waals surface area contributed by atoms with E-state index in [-0.39, 0.29) is 13.2 Å². The van der Waals surface area contributed by atoms with Gasteiger partial charge < -0.3 is 9.84 Å². The van der Waals surface area contributed by atoms with E-state index >= 15 is 0 Å². The Kier molecular flexibility index (Phi) is 6.27. The Morgan fingerprint density at radius 3 is 1.65 bits per heavy atom. The van der Waals surface area contributed by atoms with Crippen molar-refractivity contribution in [2.24, 2.45) is 0 Å². The van der Waals surface area contributed by atoms with Gasteiger partial charge in [-0.1, -0.05) is 73.9 Å². The molecular formula is C22H26BO2P. The second kappa shape index (κ2) is 8.64. The van der Waals surface area contributed by atoms with E-state index in [9.17, 15) is 5.11 Å². The second-order valence-corrected chi connectivity index (χ2v) is 8.36. The minimum absolute atomic E-state index is 0.0831. The number of aliphatic hydroxyl groups excluding tert-OH is 1. The first-order valence-corrected chi connectivity index (χ1v) is 9.83. The molecule has 3 aromatic rings. The van der Waals surface area contributed by atoms with Crippen molar-refractivity contribution in [3.8, 4) is 0 Å². The van der Waals surface area contributed by atoms with Crippen LogP contribution in [0.2, 0.25) is 0 Å². The predicted molar refractivity (Wildman–Crippen MR) is 116 cm³/mol. The van der Waals surface area contributed by atoms with Crippen molar-refractivity contribution in [3.05, 3.63) is 96.6 Å². The van der Waals surface area contributed by atoms with Gasteiger partial charge in [-0.05, 0) is 29.8 Å². The Morgan fingerprint density at radius 2 is 1.23 bits per heavy atom. The van der Waals surface area contributed by atoms with Crippen LogP contribution < -0.4 is 10.6 Å². The zero-order valence-electron chi connectivity index (χ0n) is 14.3. The average molecular weight is 364 g/mol. The van der Waals surface area contributed by atoms with Crippen LogP contribution in [0.1, 0.15) is 11.7 Å². The van der Waals surface area contributed by atoms with Gasteiger partial charge in [0.25, 0.3) is 0 Å². The maximum absolute atomic E-state index is 11.4. The van der Waals surface area contributed by atoms with Gasteiger partial charge in [-0.15, -0.1) is 0 Å². The zero-order valence-corrected chi connectivity index (χ0v) is 15.2. The first-order chi connectivity index (χ1) is 12.7. The molecule has 0 aliphatic carbocycles. The Bertz CT molecular complexity index is 757. The Hall–Kier alpha value is -1.93. The third kappa shape index (κ3) is 3.76. The van der Waals surface area contributed by atoms with Gasteiger partial charge >= 0.3 is 0 Å². The SMILES string of the molecule is [BH3-][P+](c1ccccc1)(c1ccccc1)[C@@H](COC)[C@@H](O)c1ccccc1. The molecular weight excluding hydrogens is 338 g/mol. The van der Waals surface area contributed by atoms with E-state index < -0.39 is 13.2 Å². The van der Waals surface area contributed by atoms with Crippen LogP contribution in [-0.2, 0) is 4.74 Å². The van der Waals surface area contributed by atoms with Gasteiger partial charge in [0.15, 0.2) is 0 Å². The molecule has 0 spiro atoms. The lowest BCUT2D eigenvalue weighted by atomic mass is 10.1. The topological polar surface area (TPSA) is 29.5 Å². The quantitative estimate of drug-likeness (QED) is 0.516. The number of hydrogen-bond donors (Lipinski definition) is 1. The molecule has 0 fully saturated rings. The third-order valence-corrected chi connectivity index (χ3v) is 7.05. The number of hydrogen-bond acceptors (Lipinski definition) is 2. The van der Waals surface area contributed by atoms with Crippen LogP contribution in [0.4, 0.5) is 0 Å². The van der Waals surface area contributed by atoms with E-state index in [1.54, 1.807) is 7.11 Å². The summed E-state index contributed by atoms with van der Waals surface area (Å²) in [5.74, 6) is 0. The average Bonchev–Trinajstić information content (AvgIpc) is 2.73. The van der Waals surface area contributed by atoms with Crippen LogP contribution in [0.3, 0.4) is 0 Å². The molecule has 0 heterocycles. The summed E-state index contributed by atoms with van der Waals surface area (Å²) in [6.45, 7) is 0.567. The van der Waals surface area contributed by atoms with Gasteiger partial charge in [0, 0.05) is 7.11 Å². The van der Waals surface area contributed by atoms with Crippen molar-refractivity contribution in [3.63, 3.8) is 0 Å².